The highest BCUT2D eigenvalue weighted by Gasteiger charge is 2.11. The molecule has 0 aromatic heterocycles. The summed E-state index contributed by atoms with van der Waals surface area (Å²) in [5.41, 5.74) is 0.323. The molecule has 0 saturated heterocycles. The third-order valence-corrected chi connectivity index (χ3v) is 1.18. The monoisotopic (exact) mass is 161 g/mol. The number of hydrazine groups is 1. The van der Waals surface area contributed by atoms with Gasteiger partial charge in [-0.25, -0.2) is 10.1 Å². The molecule has 6 nitrogen and oxygen atoms in total. The maximum atomic E-state index is 10.2. The molecule has 0 aliphatic carbocycles. The number of oxime groups is 1. The van der Waals surface area contributed by atoms with Crippen LogP contribution in [0.1, 0.15) is 13.8 Å². The third-order valence-electron chi connectivity index (χ3n) is 1.18. The summed E-state index contributed by atoms with van der Waals surface area (Å²) in [5.74, 6) is 0. The van der Waals surface area contributed by atoms with Crippen molar-refractivity contribution in [1.29, 1.82) is 0 Å². The van der Waals surface area contributed by atoms with Gasteiger partial charge in [-0.05, 0) is 13.8 Å². The predicted molar refractivity (Wildman–Crippen MR) is 39.1 cm³/mol. The van der Waals surface area contributed by atoms with Crippen LogP contribution in [0.15, 0.2) is 5.16 Å². The fourth-order valence-electron chi connectivity index (χ4n) is 0.581. The fourth-order valence-corrected chi connectivity index (χ4v) is 0.581. The summed E-state index contributed by atoms with van der Waals surface area (Å²) >= 11 is 0. The maximum Gasteiger partial charge on any atom is 0.160 e. The molecule has 0 unspecified atom stereocenters. The van der Waals surface area contributed by atoms with Gasteiger partial charge < -0.3 is 5.21 Å². The zero-order valence-corrected chi connectivity index (χ0v) is 6.52. The van der Waals surface area contributed by atoms with Crippen LogP contribution in [-0.2, 0) is 0 Å². The Morgan fingerprint density at radius 3 is 2.64 bits per heavy atom. The molecule has 0 saturated carbocycles. The van der Waals surface area contributed by atoms with E-state index < -0.39 is 5.03 Å². The Bertz CT molecular complexity index is 168. The van der Waals surface area contributed by atoms with Gasteiger partial charge in [-0.3, -0.25) is 0 Å². The van der Waals surface area contributed by atoms with Crippen LogP contribution in [0, 0.1) is 10.1 Å². The van der Waals surface area contributed by atoms with Gasteiger partial charge in [0.2, 0.25) is 0 Å². The van der Waals surface area contributed by atoms with Crippen LogP contribution in [0.3, 0.4) is 0 Å². The van der Waals surface area contributed by atoms with Crippen molar-refractivity contribution in [2.75, 3.05) is 13.1 Å². The first-order chi connectivity index (χ1) is 5.11. The van der Waals surface area contributed by atoms with Crippen molar-refractivity contribution in [2.24, 2.45) is 5.16 Å². The molecule has 0 bridgehead atoms. The van der Waals surface area contributed by atoms with Crippen LogP contribution in [0.25, 0.3) is 0 Å². The van der Waals surface area contributed by atoms with Crippen molar-refractivity contribution in [2.45, 2.75) is 13.8 Å². The minimum atomic E-state index is -0.519. The van der Waals surface area contributed by atoms with Gasteiger partial charge in [-0.1, -0.05) is 5.16 Å². The first-order valence-electron chi connectivity index (χ1n) is 3.18. The molecule has 0 rings (SSSR count). The van der Waals surface area contributed by atoms with Crippen molar-refractivity contribution in [3.8, 4) is 0 Å². The molecular formula is C5H11N3O3. The molecule has 0 atom stereocenters. The standard InChI is InChI=1S/C5H11N3O3/c1-3-7(8(10)11)4-5(2)6-9/h9H,3-4H2,1-2H3/b6-5-. The minimum Gasteiger partial charge on any atom is -0.411 e. The lowest BCUT2D eigenvalue weighted by Crippen LogP contribution is -2.33. The normalized spacial score (nSPS) is 11.3. The zero-order valence-electron chi connectivity index (χ0n) is 6.52. The van der Waals surface area contributed by atoms with Crippen molar-refractivity contribution in [3.05, 3.63) is 10.1 Å². The molecule has 0 aliphatic heterocycles. The topological polar surface area (TPSA) is 79.0 Å². The lowest BCUT2D eigenvalue weighted by molar-refractivity contribution is -0.651. The van der Waals surface area contributed by atoms with E-state index in [0.29, 0.717) is 12.3 Å². The van der Waals surface area contributed by atoms with Crippen LogP contribution in [0.4, 0.5) is 0 Å². The summed E-state index contributed by atoms with van der Waals surface area (Å²) < 4.78 is 0. The second-order valence-corrected chi connectivity index (χ2v) is 2.05. The zero-order chi connectivity index (χ0) is 8.85. The highest BCUT2D eigenvalue weighted by molar-refractivity contribution is 5.83. The smallest absolute Gasteiger partial charge is 0.160 e. The summed E-state index contributed by atoms with van der Waals surface area (Å²) in [6, 6.07) is 0. The quantitative estimate of drug-likeness (QED) is 0.279. The Balaban J connectivity index is 3.98. The highest BCUT2D eigenvalue weighted by Crippen LogP contribution is 1.88. The Kier molecular flexibility index (Phi) is 3.94. The lowest BCUT2D eigenvalue weighted by atomic mass is 10.4. The van der Waals surface area contributed by atoms with E-state index in [1.165, 1.54) is 6.92 Å². The van der Waals surface area contributed by atoms with Gasteiger partial charge in [-0.2, -0.15) is 0 Å². The van der Waals surface area contributed by atoms with E-state index in [4.69, 9.17) is 5.21 Å². The Hall–Kier alpha value is -1.33. The van der Waals surface area contributed by atoms with Crippen LogP contribution >= 0.6 is 0 Å². The summed E-state index contributed by atoms with van der Waals surface area (Å²) in [6.45, 7) is 3.53. The van der Waals surface area contributed by atoms with E-state index in [9.17, 15) is 10.1 Å². The molecule has 0 spiro atoms. The summed E-state index contributed by atoms with van der Waals surface area (Å²) in [7, 11) is 0. The van der Waals surface area contributed by atoms with Gasteiger partial charge in [0, 0.05) is 0 Å². The molecule has 0 aliphatic rings. The first kappa shape index (κ1) is 9.67. The van der Waals surface area contributed by atoms with Gasteiger partial charge >= 0.3 is 0 Å². The maximum absolute atomic E-state index is 10.2. The molecule has 0 fully saturated rings. The van der Waals surface area contributed by atoms with Crippen LogP contribution in [-0.4, -0.2) is 34.0 Å². The van der Waals surface area contributed by atoms with Gasteiger partial charge in [-0.15, -0.1) is 5.01 Å². The molecule has 0 aromatic carbocycles. The Labute approximate surface area is 64.2 Å². The van der Waals surface area contributed by atoms with E-state index in [0.717, 1.165) is 5.01 Å². The van der Waals surface area contributed by atoms with Crippen LogP contribution in [0.2, 0.25) is 0 Å². The average molecular weight is 161 g/mol. The van der Waals surface area contributed by atoms with Gasteiger partial charge in [0.05, 0.1) is 12.3 Å². The number of nitrogens with zero attached hydrogens (tertiary/aromatic N) is 3. The molecule has 6 heteroatoms. The average Bonchev–Trinajstić information content (AvgIpc) is 1.99. The minimum absolute atomic E-state index is 0.0556. The Morgan fingerprint density at radius 2 is 2.36 bits per heavy atom. The first-order valence-corrected chi connectivity index (χ1v) is 3.18. The second-order valence-electron chi connectivity index (χ2n) is 2.05. The SMILES string of the molecule is CCN(C/C(C)=N\O)[N+](=O)[O-]. The molecule has 64 valence electrons. The fraction of sp³-hybridized carbons (Fsp3) is 0.800. The van der Waals surface area contributed by atoms with Gasteiger partial charge in [0.25, 0.3) is 0 Å². The lowest BCUT2D eigenvalue weighted by Gasteiger charge is -2.09. The third kappa shape index (κ3) is 3.39. The Morgan fingerprint density at radius 1 is 1.82 bits per heavy atom. The number of rotatable bonds is 4. The number of hydrogen-bond donors (Lipinski definition) is 1. The van der Waals surface area contributed by atoms with Crippen LogP contribution in [0.5, 0.6) is 0 Å². The summed E-state index contributed by atoms with van der Waals surface area (Å²) in [4.78, 5) is 10.2. The predicted octanol–water partition coefficient (Wildman–Crippen LogP) is 0.350. The van der Waals surface area contributed by atoms with E-state index in [1.807, 2.05) is 0 Å². The van der Waals surface area contributed by atoms with Crippen LogP contribution < -0.4 is 0 Å². The molecule has 1 N–H and O–H groups in total. The van der Waals surface area contributed by atoms with Gasteiger partial charge in [0.1, 0.15) is 6.54 Å². The highest BCUT2D eigenvalue weighted by atomic mass is 16.7. The number of hydrogen-bond acceptors (Lipinski definition) is 4. The van der Waals surface area contributed by atoms with Gasteiger partial charge in [0.15, 0.2) is 5.03 Å². The van der Waals surface area contributed by atoms with Crippen molar-refractivity contribution in [1.82, 2.24) is 5.01 Å². The largest absolute Gasteiger partial charge is 0.411 e. The summed E-state index contributed by atoms with van der Waals surface area (Å²) in [5, 5.41) is 21.6. The molecule has 11 heavy (non-hydrogen) atoms. The molecule has 0 radical (unpaired) electrons. The van der Waals surface area contributed by atoms with E-state index >= 15 is 0 Å². The summed E-state index contributed by atoms with van der Waals surface area (Å²) in [6.07, 6.45) is 0. The molecule has 0 heterocycles. The van der Waals surface area contributed by atoms with Crippen molar-refractivity contribution >= 4 is 5.71 Å². The van der Waals surface area contributed by atoms with E-state index in [-0.39, 0.29) is 6.54 Å². The van der Waals surface area contributed by atoms with Crippen molar-refractivity contribution in [3.63, 3.8) is 0 Å². The number of nitro groups is 1. The van der Waals surface area contributed by atoms with E-state index in [2.05, 4.69) is 5.16 Å². The molecular weight excluding hydrogens is 150 g/mol. The van der Waals surface area contributed by atoms with E-state index in [1.54, 1.807) is 6.92 Å². The molecule has 0 aromatic rings. The van der Waals surface area contributed by atoms with Crippen molar-refractivity contribution < 1.29 is 10.2 Å². The molecule has 0 amide bonds. The second kappa shape index (κ2) is 4.48.